The molecule has 29 heavy (non-hydrogen) atoms. The van der Waals surface area contributed by atoms with Gasteiger partial charge in [0, 0.05) is 29.3 Å². The molecule has 0 atom stereocenters. The molecule has 1 aromatic heterocycles. The van der Waals surface area contributed by atoms with Gasteiger partial charge < -0.3 is 20.1 Å². The molecule has 3 aromatic rings. The number of terminal acetylenes is 1. The normalized spacial score (nSPS) is 10.4. The van der Waals surface area contributed by atoms with Crippen LogP contribution < -0.4 is 15.4 Å². The van der Waals surface area contributed by atoms with Crippen molar-refractivity contribution < 1.29 is 14.3 Å². The first-order chi connectivity index (χ1) is 14.1. The third kappa shape index (κ3) is 5.00. The summed E-state index contributed by atoms with van der Waals surface area (Å²) in [6.07, 6.45) is 7.20. The van der Waals surface area contributed by atoms with Crippen LogP contribution in [0.15, 0.2) is 42.7 Å². The predicted molar refractivity (Wildman–Crippen MR) is 113 cm³/mol. The summed E-state index contributed by atoms with van der Waals surface area (Å²) in [4.78, 5) is 20.9. The molecule has 0 radical (unpaired) electrons. The fourth-order valence-corrected chi connectivity index (χ4v) is 2.80. The lowest BCUT2D eigenvalue weighted by molar-refractivity contribution is -0.117. The minimum Gasteiger partial charge on any atom is -0.494 e. The van der Waals surface area contributed by atoms with E-state index in [1.165, 1.54) is 6.33 Å². The van der Waals surface area contributed by atoms with Gasteiger partial charge in [0.05, 0.1) is 31.3 Å². The number of anilines is 3. The molecule has 0 bridgehead atoms. The maximum Gasteiger partial charge on any atom is 0.226 e. The van der Waals surface area contributed by atoms with E-state index in [1.54, 1.807) is 19.2 Å². The molecular formula is C22H22N4O3. The number of rotatable bonds is 8. The first-order valence-corrected chi connectivity index (χ1v) is 9.18. The van der Waals surface area contributed by atoms with Crippen molar-refractivity contribution in [1.82, 2.24) is 9.97 Å². The van der Waals surface area contributed by atoms with Crippen LogP contribution in [0.2, 0.25) is 0 Å². The monoisotopic (exact) mass is 390 g/mol. The highest BCUT2D eigenvalue weighted by molar-refractivity contribution is 5.99. The van der Waals surface area contributed by atoms with Crippen LogP contribution in [-0.4, -0.2) is 36.2 Å². The van der Waals surface area contributed by atoms with E-state index in [0.717, 1.165) is 16.6 Å². The molecule has 0 aliphatic rings. The molecule has 2 N–H and O–H groups in total. The summed E-state index contributed by atoms with van der Waals surface area (Å²) in [7, 11) is 1.54. The Labute approximate surface area is 169 Å². The highest BCUT2D eigenvalue weighted by Crippen LogP contribution is 2.33. The number of fused-ring (bicyclic) bond motifs is 1. The van der Waals surface area contributed by atoms with Crippen LogP contribution in [0.25, 0.3) is 10.9 Å². The van der Waals surface area contributed by atoms with Crippen molar-refractivity contribution in [2.24, 2.45) is 0 Å². The lowest BCUT2D eigenvalue weighted by Gasteiger charge is -2.14. The predicted octanol–water partition coefficient (Wildman–Crippen LogP) is 3.73. The Kier molecular flexibility index (Phi) is 6.61. The van der Waals surface area contributed by atoms with Gasteiger partial charge in [-0.1, -0.05) is 12.0 Å². The van der Waals surface area contributed by atoms with Crippen LogP contribution in [0.1, 0.15) is 18.9 Å². The number of hydrogen-bond acceptors (Lipinski definition) is 6. The second-order valence-electron chi connectivity index (χ2n) is 6.14. The summed E-state index contributed by atoms with van der Waals surface area (Å²) in [5.41, 5.74) is 2.78. The number of hydrogen-bond donors (Lipinski definition) is 2. The number of aromatic nitrogens is 2. The van der Waals surface area contributed by atoms with Gasteiger partial charge in [0.1, 0.15) is 17.9 Å². The van der Waals surface area contributed by atoms with E-state index in [4.69, 9.17) is 15.9 Å². The number of nitrogens with one attached hydrogen (secondary N) is 2. The number of amides is 1. The summed E-state index contributed by atoms with van der Waals surface area (Å²) >= 11 is 0. The molecule has 0 saturated carbocycles. The molecule has 0 aliphatic heterocycles. The van der Waals surface area contributed by atoms with Crippen molar-refractivity contribution in [3.63, 3.8) is 0 Å². The third-order valence-electron chi connectivity index (χ3n) is 4.20. The zero-order valence-corrected chi connectivity index (χ0v) is 16.4. The minimum absolute atomic E-state index is 0.163. The third-order valence-corrected chi connectivity index (χ3v) is 4.20. The molecule has 7 nitrogen and oxygen atoms in total. The van der Waals surface area contributed by atoms with Crippen molar-refractivity contribution in [1.29, 1.82) is 0 Å². The topological polar surface area (TPSA) is 85.4 Å². The Balaban J connectivity index is 1.93. The van der Waals surface area contributed by atoms with Gasteiger partial charge in [0.2, 0.25) is 5.91 Å². The van der Waals surface area contributed by atoms with E-state index in [2.05, 4.69) is 26.5 Å². The SMILES string of the molecule is C#Cc1cccc(Nc2ncnc3cc(OC)c(NC(=O)CCOCC)cc23)c1. The van der Waals surface area contributed by atoms with Crippen molar-refractivity contribution >= 4 is 34.0 Å². The molecule has 1 amide bonds. The Morgan fingerprint density at radius 2 is 2.10 bits per heavy atom. The highest BCUT2D eigenvalue weighted by atomic mass is 16.5. The van der Waals surface area contributed by atoms with Crippen molar-refractivity contribution in [3.05, 3.63) is 48.3 Å². The first-order valence-electron chi connectivity index (χ1n) is 9.18. The number of carbonyl (C=O) groups excluding carboxylic acids is 1. The maximum absolute atomic E-state index is 12.2. The Hall–Kier alpha value is -3.63. The van der Waals surface area contributed by atoms with Crippen LogP contribution in [0.4, 0.5) is 17.2 Å². The molecule has 0 fully saturated rings. The number of methoxy groups -OCH3 is 1. The van der Waals surface area contributed by atoms with Gasteiger partial charge in [0.25, 0.3) is 0 Å². The van der Waals surface area contributed by atoms with Crippen LogP contribution >= 0.6 is 0 Å². The molecule has 1 heterocycles. The van der Waals surface area contributed by atoms with E-state index in [0.29, 0.717) is 36.0 Å². The van der Waals surface area contributed by atoms with Gasteiger partial charge in [-0.3, -0.25) is 4.79 Å². The number of benzene rings is 2. The Morgan fingerprint density at radius 1 is 1.24 bits per heavy atom. The van der Waals surface area contributed by atoms with E-state index < -0.39 is 0 Å². The molecule has 2 aromatic carbocycles. The Bertz CT molecular complexity index is 1060. The van der Waals surface area contributed by atoms with Crippen LogP contribution in [0.3, 0.4) is 0 Å². The van der Waals surface area contributed by atoms with Crippen LogP contribution in [-0.2, 0) is 9.53 Å². The molecule has 148 valence electrons. The average Bonchev–Trinajstić information content (AvgIpc) is 2.74. The summed E-state index contributed by atoms with van der Waals surface area (Å²) in [5, 5.41) is 6.87. The fraction of sp³-hybridized carbons (Fsp3) is 0.227. The molecular weight excluding hydrogens is 368 g/mol. The Morgan fingerprint density at radius 3 is 2.86 bits per heavy atom. The molecule has 0 spiro atoms. The maximum atomic E-state index is 12.2. The number of nitrogens with zero attached hydrogens (tertiary/aromatic N) is 2. The average molecular weight is 390 g/mol. The largest absolute Gasteiger partial charge is 0.494 e. The molecule has 0 unspecified atom stereocenters. The number of carbonyl (C=O) groups is 1. The minimum atomic E-state index is -0.163. The number of ether oxygens (including phenoxy) is 2. The smallest absolute Gasteiger partial charge is 0.226 e. The van der Waals surface area contributed by atoms with E-state index in [9.17, 15) is 4.79 Å². The zero-order chi connectivity index (χ0) is 20.6. The lowest BCUT2D eigenvalue weighted by atomic mass is 10.1. The van der Waals surface area contributed by atoms with Crippen molar-refractivity contribution in [2.45, 2.75) is 13.3 Å². The first kappa shape index (κ1) is 20.1. The highest BCUT2D eigenvalue weighted by Gasteiger charge is 2.13. The van der Waals surface area contributed by atoms with Gasteiger partial charge in [-0.15, -0.1) is 6.42 Å². The fourth-order valence-electron chi connectivity index (χ4n) is 2.80. The zero-order valence-electron chi connectivity index (χ0n) is 16.4. The van der Waals surface area contributed by atoms with E-state index in [-0.39, 0.29) is 12.3 Å². The molecule has 0 aliphatic carbocycles. The quantitative estimate of drug-likeness (QED) is 0.450. The van der Waals surface area contributed by atoms with Gasteiger partial charge >= 0.3 is 0 Å². The standard InChI is InChI=1S/C22H22N4O3/c1-4-15-7-6-8-16(11-15)25-22-17-12-19(26-21(27)9-10-29-5-2)20(28-3)13-18(17)23-14-24-22/h1,6-8,11-14H,5,9-10H2,2-3H3,(H,26,27)(H,23,24,25). The summed E-state index contributed by atoms with van der Waals surface area (Å²) < 4.78 is 10.7. The molecule has 7 heteroatoms. The van der Waals surface area contributed by atoms with Crippen molar-refractivity contribution in [2.75, 3.05) is 31.0 Å². The van der Waals surface area contributed by atoms with Crippen LogP contribution in [0.5, 0.6) is 5.75 Å². The van der Waals surface area contributed by atoms with Gasteiger partial charge in [0.15, 0.2) is 0 Å². The second kappa shape index (κ2) is 9.53. The van der Waals surface area contributed by atoms with Crippen LogP contribution in [0, 0.1) is 12.3 Å². The van der Waals surface area contributed by atoms with E-state index in [1.807, 2.05) is 31.2 Å². The molecule has 0 saturated heterocycles. The summed E-state index contributed by atoms with van der Waals surface area (Å²) in [5.74, 6) is 3.56. The van der Waals surface area contributed by atoms with Gasteiger partial charge in [-0.2, -0.15) is 0 Å². The summed E-state index contributed by atoms with van der Waals surface area (Å²) in [6.45, 7) is 2.82. The molecule has 3 rings (SSSR count). The second-order valence-corrected chi connectivity index (χ2v) is 6.14. The summed E-state index contributed by atoms with van der Waals surface area (Å²) in [6, 6.07) is 11.0. The van der Waals surface area contributed by atoms with Gasteiger partial charge in [-0.05, 0) is 31.2 Å². The van der Waals surface area contributed by atoms with Gasteiger partial charge in [-0.25, -0.2) is 9.97 Å². The lowest BCUT2D eigenvalue weighted by Crippen LogP contribution is -2.15. The van der Waals surface area contributed by atoms with E-state index >= 15 is 0 Å². The van der Waals surface area contributed by atoms with Crippen molar-refractivity contribution in [3.8, 4) is 18.1 Å².